The average molecular weight is 282 g/mol. The van der Waals surface area contributed by atoms with Gasteiger partial charge in [0.15, 0.2) is 0 Å². The Hall–Kier alpha value is -0.830. The first kappa shape index (κ1) is 11.6. The molecule has 1 aliphatic heterocycles. The normalized spacial score (nSPS) is 16.8. The van der Waals surface area contributed by atoms with Gasteiger partial charge in [-0.15, -0.1) is 0 Å². The van der Waals surface area contributed by atoms with Gasteiger partial charge in [0.05, 0.1) is 4.83 Å². The number of nitrogens with zero attached hydrogens (tertiary/aromatic N) is 1. The maximum absolute atomic E-state index is 12.0. The van der Waals surface area contributed by atoms with E-state index >= 15 is 0 Å². The topological polar surface area (TPSA) is 20.3 Å². The van der Waals surface area contributed by atoms with Gasteiger partial charge in [0.2, 0.25) is 5.91 Å². The summed E-state index contributed by atoms with van der Waals surface area (Å²) in [5, 5.41) is 0. The van der Waals surface area contributed by atoms with Crippen LogP contribution in [0.25, 0.3) is 0 Å². The van der Waals surface area contributed by atoms with Gasteiger partial charge < -0.3 is 4.90 Å². The number of rotatable bonds is 2. The van der Waals surface area contributed by atoms with Crippen molar-refractivity contribution < 1.29 is 4.79 Å². The summed E-state index contributed by atoms with van der Waals surface area (Å²) >= 11 is 3.43. The zero-order valence-corrected chi connectivity index (χ0v) is 11.0. The molecule has 0 aromatic heterocycles. The van der Waals surface area contributed by atoms with Crippen molar-refractivity contribution in [3.63, 3.8) is 0 Å². The van der Waals surface area contributed by atoms with E-state index in [1.807, 2.05) is 17.9 Å². The molecule has 3 heteroatoms. The van der Waals surface area contributed by atoms with Crippen LogP contribution >= 0.6 is 15.9 Å². The number of hydrogen-bond acceptors (Lipinski definition) is 1. The third-order valence-electron chi connectivity index (χ3n) is 3.07. The molecule has 1 aromatic rings. The van der Waals surface area contributed by atoms with Crippen LogP contribution in [0.4, 0.5) is 0 Å². The maximum Gasteiger partial charge on any atom is 0.236 e. The van der Waals surface area contributed by atoms with Crippen molar-refractivity contribution >= 4 is 21.8 Å². The highest BCUT2D eigenvalue weighted by Crippen LogP contribution is 2.20. The highest BCUT2D eigenvalue weighted by Gasteiger charge is 2.24. The number of fused-ring (bicyclic) bond motifs is 1. The summed E-state index contributed by atoms with van der Waals surface area (Å²) in [6, 6.07) is 8.38. The molecule has 16 heavy (non-hydrogen) atoms. The van der Waals surface area contributed by atoms with Crippen LogP contribution in [0.3, 0.4) is 0 Å². The second kappa shape index (κ2) is 5.00. The average Bonchev–Trinajstić information content (AvgIpc) is 2.36. The molecule has 0 radical (unpaired) electrons. The molecule has 1 aliphatic rings. The lowest BCUT2D eigenvalue weighted by molar-refractivity contribution is -0.131. The van der Waals surface area contributed by atoms with E-state index in [1.54, 1.807) is 0 Å². The van der Waals surface area contributed by atoms with Crippen molar-refractivity contribution in [2.45, 2.75) is 31.1 Å². The summed E-state index contributed by atoms with van der Waals surface area (Å²) in [5.41, 5.74) is 2.67. The number of carbonyl (C=O) groups is 1. The molecule has 0 fully saturated rings. The van der Waals surface area contributed by atoms with Gasteiger partial charge in [0, 0.05) is 13.1 Å². The monoisotopic (exact) mass is 281 g/mol. The third kappa shape index (κ3) is 2.29. The first-order valence-electron chi connectivity index (χ1n) is 5.72. The molecular weight excluding hydrogens is 266 g/mol. The molecule has 1 atom stereocenters. The van der Waals surface area contributed by atoms with Crippen molar-refractivity contribution in [1.82, 2.24) is 4.90 Å². The Kier molecular flexibility index (Phi) is 3.64. The maximum atomic E-state index is 12.0. The highest BCUT2D eigenvalue weighted by molar-refractivity contribution is 9.10. The first-order chi connectivity index (χ1) is 7.72. The standard InChI is InChI=1S/C13H16BrNO/c1-2-12(14)13(16)15-8-7-10-5-3-4-6-11(10)9-15/h3-6,12H,2,7-9H2,1H3/t12-/m0/s1. The Balaban J connectivity index is 2.11. The molecule has 0 saturated carbocycles. The van der Waals surface area contributed by atoms with E-state index in [2.05, 4.69) is 34.1 Å². The van der Waals surface area contributed by atoms with Gasteiger partial charge in [-0.3, -0.25) is 4.79 Å². The summed E-state index contributed by atoms with van der Waals surface area (Å²) in [6.07, 6.45) is 1.82. The smallest absolute Gasteiger partial charge is 0.236 e. The molecule has 0 saturated heterocycles. The number of amides is 1. The van der Waals surface area contributed by atoms with E-state index in [0.717, 1.165) is 25.9 Å². The highest BCUT2D eigenvalue weighted by atomic mass is 79.9. The van der Waals surface area contributed by atoms with Crippen molar-refractivity contribution in [2.24, 2.45) is 0 Å². The Morgan fingerprint density at radius 1 is 1.44 bits per heavy atom. The van der Waals surface area contributed by atoms with Gasteiger partial charge in [-0.1, -0.05) is 47.1 Å². The number of alkyl halides is 1. The summed E-state index contributed by atoms with van der Waals surface area (Å²) in [6.45, 7) is 3.63. The van der Waals surface area contributed by atoms with Crippen LogP contribution in [0.1, 0.15) is 24.5 Å². The van der Waals surface area contributed by atoms with Crippen molar-refractivity contribution in [1.29, 1.82) is 0 Å². The molecule has 86 valence electrons. The van der Waals surface area contributed by atoms with Gasteiger partial charge in [0.1, 0.15) is 0 Å². The van der Waals surface area contributed by atoms with E-state index in [9.17, 15) is 4.79 Å². The molecular formula is C13H16BrNO. The zero-order valence-electron chi connectivity index (χ0n) is 9.45. The fraction of sp³-hybridized carbons (Fsp3) is 0.462. The Bertz CT molecular complexity index is 391. The molecule has 1 aromatic carbocycles. The minimum atomic E-state index is -0.0298. The van der Waals surface area contributed by atoms with E-state index in [0.29, 0.717) is 0 Å². The molecule has 1 heterocycles. The van der Waals surface area contributed by atoms with Crippen LogP contribution in [0, 0.1) is 0 Å². The fourth-order valence-corrected chi connectivity index (χ4v) is 2.35. The lowest BCUT2D eigenvalue weighted by Gasteiger charge is -2.30. The molecule has 0 unspecified atom stereocenters. The Labute approximate surface area is 105 Å². The molecule has 0 bridgehead atoms. The molecule has 1 amide bonds. The molecule has 0 N–H and O–H groups in total. The van der Waals surface area contributed by atoms with E-state index < -0.39 is 0 Å². The van der Waals surface area contributed by atoms with Gasteiger partial charge in [-0.2, -0.15) is 0 Å². The van der Waals surface area contributed by atoms with Gasteiger partial charge in [-0.05, 0) is 24.0 Å². The third-order valence-corrected chi connectivity index (χ3v) is 4.11. The van der Waals surface area contributed by atoms with Crippen molar-refractivity contribution in [3.8, 4) is 0 Å². The van der Waals surface area contributed by atoms with Gasteiger partial charge in [-0.25, -0.2) is 0 Å². The number of halogens is 1. The minimum absolute atomic E-state index is 0.0298. The van der Waals surface area contributed by atoms with Gasteiger partial charge >= 0.3 is 0 Å². The Morgan fingerprint density at radius 3 is 2.81 bits per heavy atom. The van der Waals surface area contributed by atoms with Crippen molar-refractivity contribution in [2.75, 3.05) is 6.54 Å². The van der Waals surface area contributed by atoms with Crippen molar-refractivity contribution in [3.05, 3.63) is 35.4 Å². The van der Waals surface area contributed by atoms with E-state index in [-0.39, 0.29) is 10.7 Å². The predicted molar refractivity (Wildman–Crippen MR) is 68.6 cm³/mol. The van der Waals surface area contributed by atoms with Crippen LogP contribution in [-0.4, -0.2) is 22.2 Å². The lowest BCUT2D eigenvalue weighted by atomic mass is 10.00. The summed E-state index contributed by atoms with van der Waals surface area (Å²) in [7, 11) is 0. The quantitative estimate of drug-likeness (QED) is 0.764. The second-order valence-electron chi connectivity index (χ2n) is 4.15. The fourth-order valence-electron chi connectivity index (χ4n) is 2.06. The van der Waals surface area contributed by atoms with E-state index in [1.165, 1.54) is 11.1 Å². The van der Waals surface area contributed by atoms with Crippen LogP contribution in [0.15, 0.2) is 24.3 Å². The second-order valence-corrected chi connectivity index (χ2v) is 5.26. The summed E-state index contributed by atoms with van der Waals surface area (Å²) < 4.78 is 0. The number of benzene rings is 1. The van der Waals surface area contributed by atoms with E-state index in [4.69, 9.17) is 0 Å². The summed E-state index contributed by atoms with van der Waals surface area (Å²) in [4.78, 5) is 13.9. The number of carbonyl (C=O) groups excluding carboxylic acids is 1. The molecule has 0 spiro atoms. The first-order valence-corrected chi connectivity index (χ1v) is 6.63. The van der Waals surface area contributed by atoms with Gasteiger partial charge in [0.25, 0.3) is 0 Å². The van der Waals surface area contributed by atoms with Crippen LogP contribution in [-0.2, 0) is 17.8 Å². The van der Waals surface area contributed by atoms with Crippen LogP contribution in [0.5, 0.6) is 0 Å². The van der Waals surface area contributed by atoms with Crippen LogP contribution in [0.2, 0.25) is 0 Å². The molecule has 0 aliphatic carbocycles. The lowest BCUT2D eigenvalue weighted by Crippen LogP contribution is -2.39. The minimum Gasteiger partial charge on any atom is -0.337 e. The van der Waals surface area contributed by atoms with Crippen LogP contribution < -0.4 is 0 Å². The number of hydrogen-bond donors (Lipinski definition) is 0. The molecule has 2 nitrogen and oxygen atoms in total. The summed E-state index contributed by atoms with van der Waals surface area (Å²) in [5.74, 6) is 0.219. The largest absolute Gasteiger partial charge is 0.337 e. The predicted octanol–water partition coefficient (Wildman–Crippen LogP) is 2.74. The molecule has 2 rings (SSSR count). The Morgan fingerprint density at radius 2 is 2.12 bits per heavy atom. The SMILES string of the molecule is CC[C@H](Br)C(=O)N1CCc2ccccc2C1. The zero-order chi connectivity index (χ0) is 11.5.